The third-order valence-electron chi connectivity index (χ3n) is 5.29. The van der Waals surface area contributed by atoms with E-state index >= 15 is 0 Å². The first-order chi connectivity index (χ1) is 15.2. The van der Waals surface area contributed by atoms with Gasteiger partial charge in [-0.25, -0.2) is 9.97 Å². The quantitative estimate of drug-likeness (QED) is 0.604. The van der Waals surface area contributed by atoms with E-state index in [0.29, 0.717) is 38.0 Å². The van der Waals surface area contributed by atoms with Crippen LogP contribution in [0.2, 0.25) is 0 Å². The number of para-hydroxylation sites is 2. The van der Waals surface area contributed by atoms with Gasteiger partial charge in [0.1, 0.15) is 0 Å². The summed E-state index contributed by atoms with van der Waals surface area (Å²) in [6.07, 6.45) is 1.78. The van der Waals surface area contributed by atoms with Crippen molar-refractivity contribution in [1.29, 1.82) is 0 Å². The molecule has 1 aliphatic heterocycles. The zero-order chi connectivity index (χ0) is 21.5. The van der Waals surface area contributed by atoms with E-state index in [4.69, 9.17) is 14.5 Å². The lowest BCUT2D eigenvalue weighted by Gasteiger charge is -2.28. The first kappa shape index (κ1) is 21.1. The number of hydrogen-bond acceptors (Lipinski definition) is 6. The Morgan fingerprint density at radius 2 is 1.74 bits per heavy atom. The molecule has 0 saturated carbocycles. The summed E-state index contributed by atoms with van der Waals surface area (Å²) in [5.74, 6) is 0.878. The fraction of sp³-hybridized carbons (Fsp3) is 0.375. The number of carbonyl (C=O) groups excluding carboxylic acids is 1. The molecule has 31 heavy (non-hydrogen) atoms. The number of aromatic nitrogens is 2. The molecule has 2 aromatic carbocycles. The maximum atomic E-state index is 12.5. The largest absolute Gasteiger partial charge is 0.465 e. The van der Waals surface area contributed by atoms with Crippen LogP contribution in [-0.2, 0) is 16.0 Å². The van der Waals surface area contributed by atoms with Gasteiger partial charge >= 0.3 is 0 Å². The number of hydrogen-bond donors (Lipinski definition) is 1. The molecule has 0 aliphatic carbocycles. The summed E-state index contributed by atoms with van der Waals surface area (Å²) in [7, 11) is 0. The molecule has 1 aromatic heterocycles. The molecule has 162 valence electrons. The molecule has 7 nitrogen and oxygen atoms in total. The van der Waals surface area contributed by atoms with Crippen LogP contribution in [0.25, 0.3) is 11.0 Å². The van der Waals surface area contributed by atoms with Crippen molar-refractivity contribution in [2.75, 3.05) is 37.8 Å². The Balaban J connectivity index is 1.38. The van der Waals surface area contributed by atoms with Gasteiger partial charge in [0.2, 0.25) is 0 Å². The van der Waals surface area contributed by atoms with Gasteiger partial charge in [0.15, 0.2) is 12.4 Å². The monoisotopic (exact) mass is 420 g/mol. The lowest BCUT2D eigenvalue weighted by molar-refractivity contribution is -0.123. The van der Waals surface area contributed by atoms with Crippen molar-refractivity contribution in [3.63, 3.8) is 0 Å². The highest BCUT2D eigenvalue weighted by Crippen LogP contribution is 2.27. The van der Waals surface area contributed by atoms with Crippen molar-refractivity contribution in [3.05, 3.63) is 60.2 Å². The normalized spacial score (nSPS) is 14.9. The average Bonchev–Trinajstić information content (AvgIpc) is 2.82. The maximum absolute atomic E-state index is 12.5. The number of amides is 1. The Bertz CT molecular complexity index is 1010. The molecule has 4 rings (SSSR count). The highest BCUT2D eigenvalue weighted by atomic mass is 16.5. The Morgan fingerprint density at radius 1 is 1.06 bits per heavy atom. The summed E-state index contributed by atoms with van der Waals surface area (Å²) in [6, 6.07) is 18.0. The van der Waals surface area contributed by atoms with Crippen LogP contribution in [0, 0.1) is 0 Å². The fourth-order valence-corrected chi connectivity index (χ4v) is 3.60. The number of anilines is 1. The van der Waals surface area contributed by atoms with Crippen molar-refractivity contribution in [3.8, 4) is 5.88 Å². The van der Waals surface area contributed by atoms with Crippen LogP contribution in [0.5, 0.6) is 5.88 Å². The van der Waals surface area contributed by atoms with Crippen LogP contribution in [0.3, 0.4) is 0 Å². The molecule has 1 saturated heterocycles. The molecule has 1 fully saturated rings. The van der Waals surface area contributed by atoms with Gasteiger partial charge in [-0.3, -0.25) is 4.79 Å². The second kappa shape index (κ2) is 10.2. The second-order valence-electron chi connectivity index (χ2n) is 7.72. The van der Waals surface area contributed by atoms with Crippen LogP contribution >= 0.6 is 0 Å². The van der Waals surface area contributed by atoms with E-state index in [-0.39, 0.29) is 18.6 Å². The first-order valence-electron chi connectivity index (χ1n) is 10.7. The third kappa shape index (κ3) is 5.70. The van der Waals surface area contributed by atoms with Crippen LogP contribution < -0.4 is 15.0 Å². The zero-order valence-electron chi connectivity index (χ0n) is 17.8. The van der Waals surface area contributed by atoms with E-state index in [1.54, 1.807) is 0 Å². The summed E-state index contributed by atoms with van der Waals surface area (Å²) < 4.78 is 11.3. The SMILES string of the molecule is CC(CCc1ccccc1)NC(=O)COc1nc2ccccc2nc1N1CCOCC1. The summed E-state index contributed by atoms with van der Waals surface area (Å²) in [6.45, 7) is 4.61. The van der Waals surface area contributed by atoms with Crippen molar-refractivity contribution in [1.82, 2.24) is 15.3 Å². The molecule has 7 heteroatoms. The summed E-state index contributed by atoms with van der Waals surface area (Å²) in [5, 5.41) is 3.01. The fourth-order valence-electron chi connectivity index (χ4n) is 3.60. The van der Waals surface area contributed by atoms with Gasteiger partial charge in [-0.05, 0) is 37.5 Å². The van der Waals surface area contributed by atoms with Crippen molar-refractivity contribution in [2.24, 2.45) is 0 Å². The molecular formula is C24H28N4O3. The second-order valence-corrected chi connectivity index (χ2v) is 7.72. The van der Waals surface area contributed by atoms with Crippen LogP contribution in [-0.4, -0.2) is 54.8 Å². The lowest BCUT2D eigenvalue weighted by atomic mass is 10.1. The number of aryl methyl sites for hydroxylation is 1. The Hall–Kier alpha value is -3.19. The Kier molecular flexibility index (Phi) is 6.94. The average molecular weight is 421 g/mol. The molecule has 1 unspecified atom stereocenters. The summed E-state index contributed by atoms with van der Waals surface area (Å²) in [4.78, 5) is 23.9. The molecule has 0 radical (unpaired) electrons. The zero-order valence-corrected chi connectivity index (χ0v) is 17.8. The first-order valence-corrected chi connectivity index (χ1v) is 10.7. The number of nitrogens with zero attached hydrogens (tertiary/aromatic N) is 3. The predicted octanol–water partition coefficient (Wildman–Crippen LogP) is 2.98. The van der Waals surface area contributed by atoms with Gasteiger partial charge in [0, 0.05) is 19.1 Å². The Morgan fingerprint density at radius 3 is 2.48 bits per heavy atom. The molecular weight excluding hydrogens is 392 g/mol. The minimum Gasteiger partial charge on any atom is -0.465 e. The standard InChI is InChI=1S/C24H28N4O3/c1-18(11-12-19-7-3-2-4-8-19)25-22(29)17-31-24-23(28-13-15-30-16-14-28)26-20-9-5-6-10-21(20)27-24/h2-10,18H,11-17H2,1H3,(H,25,29). The molecule has 2 heterocycles. The third-order valence-corrected chi connectivity index (χ3v) is 5.29. The molecule has 0 spiro atoms. The van der Waals surface area contributed by atoms with Gasteiger partial charge in [0.25, 0.3) is 11.8 Å². The molecule has 1 amide bonds. The Labute approximate surface area is 182 Å². The number of ether oxygens (including phenoxy) is 2. The van der Waals surface area contributed by atoms with E-state index < -0.39 is 0 Å². The van der Waals surface area contributed by atoms with E-state index in [1.807, 2.05) is 49.4 Å². The van der Waals surface area contributed by atoms with Crippen molar-refractivity contribution >= 4 is 22.8 Å². The van der Waals surface area contributed by atoms with E-state index in [0.717, 1.165) is 23.9 Å². The number of rotatable bonds is 8. The van der Waals surface area contributed by atoms with Gasteiger partial charge < -0.3 is 19.7 Å². The molecule has 3 aromatic rings. The van der Waals surface area contributed by atoms with Gasteiger partial charge in [0.05, 0.1) is 24.2 Å². The number of benzene rings is 2. The van der Waals surface area contributed by atoms with E-state index in [1.165, 1.54) is 5.56 Å². The molecule has 1 atom stereocenters. The highest BCUT2D eigenvalue weighted by Gasteiger charge is 2.20. The minimum atomic E-state index is -0.163. The highest BCUT2D eigenvalue weighted by molar-refractivity contribution is 5.79. The molecule has 1 N–H and O–H groups in total. The number of fused-ring (bicyclic) bond motifs is 1. The number of nitrogens with one attached hydrogen (secondary N) is 1. The van der Waals surface area contributed by atoms with Crippen molar-refractivity contribution < 1.29 is 14.3 Å². The van der Waals surface area contributed by atoms with Gasteiger partial charge in [-0.1, -0.05) is 42.5 Å². The topological polar surface area (TPSA) is 76.6 Å². The summed E-state index contributed by atoms with van der Waals surface area (Å²) in [5.41, 5.74) is 2.81. The maximum Gasteiger partial charge on any atom is 0.258 e. The predicted molar refractivity (Wildman–Crippen MR) is 120 cm³/mol. The lowest BCUT2D eigenvalue weighted by Crippen LogP contribution is -2.38. The smallest absolute Gasteiger partial charge is 0.258 e. The minimum absolute atomic E-state index is 0.0534. The number of carbonyl (C=O) groups is 1. The van der Waals surface area contributed by atoms with Crippen molar-refractivity contribution in [2.45, 2.75) is 25.8 Å². The molecule has 0 bridgehead atoms. The van der Waals surface area contributed by atoms with Crippen LogP contribution in [0.15, 0.2) is 54.6 Å². The molecule has 1 aliphatic rings. The van der Waals surface area contributed by atoms with E-state index in [2.05, 4.69) is 27.3 Å². The van der Waals surface area contributed by atoms with Gasteiger partial charge in [-0.2, -0.15) is 0 Å². The van der Waals surface area contributed by atoms with Crippen LogP contribution in [0.4, 0.5) is 5.82 Å². The summed E-state index contributed by atoms with van der Waals surface area (Å²) >= 11 is 0. The van der Waals surface area contributed by atoms with Crippen LogP contribution in [0.1, 0.15) is 18.9 Å². The van der Waals surface area contributed by atoms with Gasteiger partial charge in [-0.15, -0.1) is 0 Å². The van der Waals surface area contributed by atoms with E-state index in [9.17, 15) is 4.79 Å². The number of morpholine rings is 1.